The SMILES string of the molecule is CCCCCCCCCC(CP)CCCCC. The fourth-order valence-electron chi connectivity index (χ4n) is 2.45. The molecular formula is C16H35P. The van der Waals surface area contributed by atoms with Crippen molar-refractivity contribution in [2.24, 2.45) is 5.92 Å². The molecule has 0 spiro atoms. The predicted octanol–water partition coefficient (Wildman–Crippen LogP) is 6.20. The van der Waals surface area contributed by atoms with E-state index < -0.39 is 0 Å². The first kappa shape index (κ1) is 17.4. The van der Waals surface area contributed by atoms with Gasteiger partial charge in [-0.15, -0.1) is 9.24 Å². The molecule has 0 aromatic heterocycles. The van der Waals surface area contributed by atoms with E-state index >= 15 is 0 Å². The van der Waals surface area contributed by atoms with Crippen molar-refractivity contribution in [2.75, 3.05) is 6.16 Å². The van der Waals surface area contributed by atoms with Crippen molar-refractivity contribution in [3.8, 4) is 0 Å². The van der Waals surface area contributed by atoms with E-state index in [1.54, 1.807) is 0 Å². The summed E-state index contributed by atoms with van der Waals surface area (Å²) in [6.07, 6.45) is 18.6. The van der Waals surface area contributed by atoms with E-state index in [0.29, 0.717) is 0 Å². The molecule has 17 heavy (non-hydrogen) atoms. The lowest BCUT2D eigenvalue weighted by Gasteiger charge is -2.14. The molecule has 0 aliphatic rings. The molecule has 0 saturated carbocycles. The predicted molar refractivity (Wildman–Crippen MR) is 84.8 cm³/mol. The highest BCUT2D eigenvalue weighted by molar-refractivity contribution is 7.16. The van der Waals surface area contributed by atoms with Gasteiger partial charge in [-0.1, -0.05) is 90.9 Å². The first-order valence-corrected chi connectivity index (χ1v) is 8.86. The van der Waals surface area contributed by atoms with E-state index in [0.717, 1.165) is 5.92 Å². The van der Waals surface area contributed by atoms with Crippen molar-refractivity contribution in [2.45, 2.75) is 90.9 Å². The molecule has 0 saturated heterocycles. The second-order valence-corrected chi connectivity index (χ2v) is 5.98. The maximum Gasteiger partial charge on any atom is -0.0353 e. The molecule has 104 valence electrons. The van der Waals surface area contributed by atoms with Crippen molar-refractivity contribution >= 4 is 9.24 Å². The van der Waals surface area contributed by atoms with Gasteiger partial charge in [0, 0.05) is 0 Å². The third-order valence-corrected chi connectivity index (χ3v) is 4.43. The molecule has 0 aliphatic heterocycles. The van der Waals surface area contributed by atoms with E-state index in [1.165, 1.54) is 83.2 Å². The second-order valence-electron chi connectivity index (χ2n) is 5.51. The van der Waals surface area contributed by atoms with Crippen molar-refractivity contribution < 1.29 is 0 Å². The Morgan fingerprint density at radius 3 is 1.59 bits per heavy atom. The van der Waals surface area contributed by atoms with Crippen LogP contribution in [0.5, 0.6) is 0 Å². The summed E-state index contributed by atoms with van der Waals surface area (Å²) < 4.78 is 0. The van der Waals surface area contributed by atoms with Gasteiger partial charge in [0.1, 0.15) is 0 Å². The fourth-order valence-corrected chi connectivity index (χ4v) is 2.92. The first-order valence-electron chi connectivity index (χ1n) is 8.05. The van der Waals surface area contributed by atoms with Gasteiger partial charge in [-0.2, -0.15) is 0 Å². The van der Waals surface area contributed by atoms with Gasteiger partial charge in [0.2, 0.25) is 0 Å². The lowest BCUT2D eigenvalue weighted by Crippen LogP contribution is -2.02. The zero-order valence-electron chi connectivity index (χ0n) is 12.3. The van der Waals surface area contributed by atoms with Gasteiger partial charge < -0.3 is 0 Å². The third kappa shape index (κ3) is 12.7. The number of hydrogen-bond donors (Lipinski definition) is 0. The summed E-state index contributed by atoms with van der Waals surface area (Å²) in [7, 11) is 2.95. The molecule has 0 fully saturated rings. The van der Waals surface area contributed by atoms with Gasteiger partial charge in [0.05, 0.1) is 0 Å². The van der Waals surface area contributed by atoms with E-state index in [-0.39, 0.29) is 0 Å². The standard InChI is InChI=1S/C16H35P/c1-3-5-7-8-9-10-12-14-16(15-17)13-11-6-4-2/h16H,3-15,17H2,1-2H3. The van der Waals surface area contributed by atoms with Crippen LogP contribution in [-0.4, -0.2) is 6.16 Å². The Morgan fingerprint density at radius 2 is 1.06 bits per heavy atom. The van der Waals surface area contributed by atoms with Crippen LogP contribution in [0.2, 0.25) is 0 Å². The van der Waals surface area contributed by atoms with Crippen molar-refractivity contribution in [3.63, 3.8) is 0 Å². The van der Waals surface area contributed by atoms with Crippen molar-refractivity contribution in [1.82, 2.24) is 0 Å². The van der Waals surface area contributed by atoms with Gasteiger partial charge in [-0.25, -0.2) is 0 Å². The van der Waals surface area contributed by atoms with Gasteiger partial charge in [-0.3, -0.25) is 0 Å². The van der Waals surface area contributed by atoms with Crippen LogP contribution in [0.4, 0.5) is 0 Å². The van der Waals surface area contributed by atoms with E-state index in [1.807, 2.05) is 0 Å². The zero-order chi connectivity index (χ0) is 12.8. The zero-order valence-corrected chi connectivity index (χ0v) is 13.5. The molecule has 0 heterocycles. The Bertz CT molecular complexity index is 133. The molecule has 2 atom stereocenters. The van der Waals surface area contributed by atoms with Gasteiger partial charge in [-0.05, 0) is 12.1 Å². The summed E-state index contributed by atoms with van der Waals surface area (Å²) in [6, 6.07) is 0. The minimum atomic E-state index is 0.988. The lowest BCUT2D eigenvalue weighted by atomic mass is 9.96. The second kappa shape index (κ2) is 14.5. The number of hydrogen-bond acceptors (Lipinski definition) is 0. The molecule has 1 heteroatoms. The summed E-state index contributed by atoms with van der Waals surface area (Å²) in [5, 5.41) is 0. The minimum absolute atomic E-state index is 0.988. The first-order chi connectivity index (χ1) is 8.35. The van der Waals surface area contributed by atoms with Crippen LogP contribution in [0.25, 0.3) is 0 Å². The van der Waals surface area contributed by atoms with Gasteiger partial charge in [0.15, 0.2) is 0 Å². The molecule has 0 N–H and O–H groups in total. The molecule has 0 nitrogen and oxygen atoms in total. The Balaban J connectivity index is 3.25. The van der Waals surface area contributed by atoms with Crippen molar-refractivity contribution in [1.29, 1.82) is 0 Å². The molecule has 0 aliphatic carbocycles. The van der Waals surface area contributed by atoms with Crippen LogP contribution >= 0.6 is 9.24 Å². The Morgan fingerprint density at radius 1 is 0.647 bits per heavy atom. The highest BCUT2D eigenvalue weighted by Crippen LogP contribution is 2.20. The molecule has 0 aromatic rings. The van der Waals surface area contributed by atoms with Crippen LogP contribution in [0, 0.1) is 5.92 Å². The largest absolute Gasteiger partial charge is 0.137 e. The maximum absolute atomic E-state index is 2.95. The average molecular weight is 258 g/mol. The number of unbranched alkanes of at least 4 members (excludes halogenated alkanes) is 8. The number of rotatable bonds is 13. The average Bonchev–Trinajstić information content (AvgIpc) is 2.35. The van der Waals surface area contributed by atoms with Gasteiger partial charge in [0.25, 0.3) is 0 Å². The van der Waals surface area contributed by atoms with Gasteiger partial charge >= 0.3 is 0 Å². The summed E-state index contributed by atoms with van der Waals surface area (Å²) in [6.45, 7) is 4.59. The highest BCUT2D eigenvalue weighted by Gasteiger charge is 2.05. The third-order valence-electron chi connectivity index (χ3n) is 3.77. The van der Waals surface area contributed by atoms with E-state index in [9.17, 15) is 0 Å². The molecule has 0 rings (SSSR count). The molecular weight excluding hydrogens is 223 g/mol. The van der Waals surface area contributed by atoms with E-state index in [2.05, 4.69) is 23.1 Å². The molecule has 0 amide bonds. The monoisotopic (exact) mass is 258 g/mol. The quantitative estimate of drug-likeness (QED) is 0.272. The summed E-state index contributed by atoms with van der Waals surface area (Å²) in [4.78, 5) is 0. The van der Waals surface area contributed by atoms with Crippen LogP contribution in [0.15, 0.2) is 0 Å². The Hall–Kier alpha value is 0.430. The van der Waals surface area contributed by atoms with Crippen LogP contribution in [0.3, 0.4) is 0 Å². The van der Waals surface area contributed by atoms with E-state index in [4.69, 9.17) is 0 Å². The Labute approximate surface area is 113 Å². The fraction of sp³-hybridized carbons (Fsp3) is 1.00. The van der Waals surface area contributed by atoms with Crippen LogP contribution < -0.4 is 0 Å². The summed E-state index contributed by atoms with van der Waals surface area (Å²) in [5.41, 5.74) is 0. The lowest BCUT2D eigenvalue weighted by molar-refractivity contribution is 0.442. The Kier molecular flexibility index (Phi) is 14.9. The molecule has 0 bridgehead atoms. The molecule has 0 aromatic carbocycles. The van der Waals surface area contributed by atoms with Crippen LogP contribution in [0.1, 0.15) is 90.9 Å². The molecule has 0 radical (unpaired) electrons. The van der Waals surface area contributed by atoms with Crippen LogP contribution in [-0.2, 0) is 0 Å². The molecule has 2 unspecified atom stereocenters. The summed E-state index contributed by atoms with van der Waals surface area (Å²) in [5.74, 6) is 0.988. The maximum atomic E-state index is 2.95. The highest BCUT2D eigenvalue weighted by atomic mass is 31.0. The smallest absolute Gasteiger partial charge is 0.0353 e. The minimum Gasteiger partial charge on any atom is -0.137 e. The topological polar surface area (TPSA) is 0 Å². The van der Waals surface area contributed by atoms with Crippen molar-refractivity contribution in [3.05, 3.63) is 0 Å². The summed E-state index contributed by atoms with van der Waals surface area (Å²) >= 11 is 0. The normalized spacial score (nSPS) is 12.9.